The zero-order valence-electron chi connectivity index (χ0n) is 5.39. The molecule has 1 N–H and O–H groups in total. The van der Waals surface area contributed by atoms with E-state index >= 15 is 0 Å². The summed E-state index contributed by atoms with van der Waals surface area (Å²) in [4.78, 5) is 0. The van der Waals surface area contributed by atoms with Crippen LogP contribution >= 0.6 is 0 Å². The second-order valence-electron chi connectivity index (χ2n) is 1.38. The normalized spacial score (nSPS) is 12.2. The summed E-state index contributed by atoms with van der Waals surface area (Å²) in [6.45, 7) is 1.99. The van der Waals surface area contributed by atoms with E-state index in [9.17, 15) is 4.21 Å². The summed E-state index contributed by atoms with van der Waals surface area (Å²) in [5.41, 5.74) is 0. The van der Waals surface area contributed by atoms with Gasteiger partial charge in [0.25, 0.3) is 0 Å². The largest absolute Gasteiger partial charge is 0.306 e. The predicted molar refractivity (Wildman–Crippen MR) is 36.3 cm³/mol. The second kappa shape index (κ2) is 8.11. The van der Waals surface area contributed by atoms with Crippen molar-refractivity contribution in [3.05, 3.63) is 0 Å². The first-order valence-electron chi connectivity index (χ1n) is 2.35. The average molecular weight is 145 g/mol. The molecule has 4 heteroatoms. The molecule has 0 heterocycles. The number of unbranched alkanes of at least 4 members (excludes halogenated alkanes) is 1. The van der Waals surface area contributed by atoms with Gasteiger partial charge in [-0.15, -0.1) is 0 Å². The monoisotopic (exact) mass is 145 g/mol. The van der Waals surface area contributed by atoms with Crippen LogP contribution in [0, 0.1) is 0 Å². The van der Waals surface area contributed by atoms with Gasteiger partial charge in [-0.2, -0.15) is 0 Å². The van der Waals surface area contributed by atoms with Gasteiger partial charge >= 0.3 is 0 Å². The third kappa shape index (κ3) is 10.2. The van der Waals surface area contributed by atoms with Crippen LogP contribution in [0.5, 0.6) is 0 Å². The van der Waals surface area contributed by atoms with Crippen LogP contribution in [0.3, 0.4) is 0 Å². The Morgan fingerprint density at radius 2 is 2.12 bits per heavy atom. The summed E-state index contributed by atoms with van der Waals surface area (Å²) in [6.07, 6.45) is 1.84. The van der Waals surface area contributed by atoms with Gasteiger partial charge in [0.05, 0.1) is 0 Å². The van der Waals surface area contributed by atoms with Crippen molar-refractivity contribution < 1.29 is 8.76 Å². The smallest absolute Gasteiger partial charge is 0.152 e. The van der Waals surface area contributed by atoms with Gasteiger partial charge in [-0.3, -0.25) is 0 Å². The van der Waals surface area contributed by atoms with E-state index in [0.29, 0.717) is 5.75 Å². The van der Waals surface area contributed by atoms with Crippen molar-refractivity contribution in [2.24, 2.45) is 0 Å². The number of rotatable bonds is 3. The van der Waals surface area contributed by atoms with E-state index in [1.54, 1.807) is 0 Å². The maximum absolute atomic E-state index is 9.87. The summed E-state index contributed by atoms with van der Waals surface area (Å²) in [5.74, 6) is 0.427. The van der Waals surface area contributed by atoms with E-state index in [2.05, 4.69) is 0 Å². The molecule has 2 nitrogen and oxygen atoms in total. The van der Waals surface area contributed by atoms with Gasteiger partial charge in [0.2, 0.25) is 0 Å². The minimum absolute atomic E-state index is 0. The van der Waals surface area contributed by atoms with Crippen LogP contribution in [0.15, 0.2) is 0 Å². The van der Waals surface area contributed by atoms with Crippen LogP contribution in [0.2, 0.25) is 0 Å². The van der Waals surface area contributed by atoms with Crippen molar-refractivity contribution >= 4 is 40.6 Å². The number of hydrogen-bond donors (Lipinski definition) is 1. The molecule has 0 spiro atoms. The van der Waals surface area contributed by atoms with Crippen LogP contribution in [-0.4, -0.2) is 44.1 Å². The van der Waals surface area contributed by atoms with Crippen molar-refractivity contribution in [3.8, 4) is 0 Å². The van der Waals surface area contributed by atoms with Gasteiger partial charge in [-0.1, -0.05) is 13.3 Å². The predicted octanol–water partition coefficient (Wildman–Crippen LogP) is 0.627. The van der Waals surface area contributed by atoms with Gasteiger partial charge in [-0.25, -0.2) is 4.21 Å². The third-order valence-corrected chi connectivity index (χ3v) is 1.31. The molecule has 0 aromatic heterocycles. The molecule has 1 radical (unpaired) electrons. The number of hydrogen-bond acceptors (Lipinski definition) is 1. The Hall–Kier alpha value is 1.11. The van der Waals surface area contributed by atoms with Crippen molar-refractivity contribution in [2.75, 3.05) is 5.75 Å². The minimum Gasteiger partial charge on any atom is -0.306 e. The molecule has 0 saturated heterocycles. The fourth-order valence-corrected chi connectivity index (χ4v) is 0.803. The van der Waals surface area contributed by atoms with E-state index in [1.807, 2.05) is 6.92 Å². The molecule has 0 aliphatic heterocycles. The molecule has 0 aromatic carbocycles. The third-order valence-electron chi connectivity index (χ3n) is 0.673. The Balaban J connectivity index is 0. The molecular weight excluding hydrogens is 135 g/mol. The van der Waals surface area contributed by atoms with Crippen LogP contribution in [-0.2, 0) is 11.1 Å². The van der Waals surface area contributed by atoms with Gasteiger partial charge in [0, 0.05) is 35.3 Å². The standard InChI is InChI=1S/C4H10O2S.Na/c1-2-3-4-7(5)6;/h2-4H2,1H3,(H,5,6);. The van der Waals surface area contributed by atoms with E-state index < -0.39 is 11.1 Å². The van der Waals surface area contributed by atoms with Crippen LogP contribution in [0.1, 0.15) is 19.8 Å². The van der Waals surface area contributed by atoms with Crippen molar-refractivity contribution in [3.63, 3.8) is 0 Å². The van der Waals surface area contributed by atoms with Gasteiger partial charge in [-0.05, 0) is 6.42 Å². The summed E-state index contributed by atoms with van der Waals surface area (Å²) < 4.78 is 18.0. The van der Waals surface area contributed by atoms with Crippen LogP contribution in [0.4, 0.5) is 0 Å². The zero-order chi connectivity index (χ0) is 5.70. The summed E-state index contributed by atoms with van der Waals surface area (Å²) in [5, 5.41) is 0. The first kappa shape index (κ1) is 11.9. The molecule has 1 atom stereocenters. The summed E-state index contributed by atoms with van der Waals surface area (Å²) in [7, 11) is 0. The SMILES string of the molecule is CCCCS(=O)O.[Na]. The van der Waals surface area contributed by atoms with Crippen molar-refractivity contribution in [2.45, 2.75) is 19.8 Å². The molecule has 0 aromatic rings. The molecule has 0 aliphatic carbocycles. The summed E-state index contributed by atoms with van der Waals surface area (Å²) >= 11 is -1.57. The van der Waals surface area contributed by atoms with E-state index in [0.717, 1.165) is 12.8 Å². The molecule has 0 rings (SSSR count). The molecule has 0 amide bonds. The summed E-state index contributed by atoms with van der Waals surface area (Å²) in [6, 6.07) is 0. The Kier molecular flexibility index (Phi) is 12.0. The topological polar surface area (TPSA) is 37.3 Å². The fourth-order valence-electron chi connectivity index (χ4n) is 0.268. The Morgan fingerprint density at radius 1 is 1.62 bits per heavy atom. The van der Waals surface area contributed by atoms with Crippen LogP contribution < -0.4 is 0 Å². The quantitative estimate of drug-likeness (QED) is 0.467. The molecule has 0 saturated carbocycles. The Labute approximate surface area is 74.6 Å². The first-order valence-corrected chi connectivity index (χ1v) is 3.62. The second-order valence-corrected chi connectivity index (χ2v) is 2.43. The maximum atomic E-state index is 9.87. The molecule has 0 fully saturated rings. The average Bonchev–Trinajstić information content (AvgIpc) is 1.61. The molecule has 1 unspecified atom stereocenters. The first-order chi connectivity index (χ1) is 3.27. The van der Waals surface area contributed by atoms with E-state index in [4.69, 9.17) is 4.55 Å². The zero-order valence-corrected chi connectivity index (χ0v) is 8.20. The van der Waals surface area contributed by atoms with Gasteiger partial charge < -0.3 is 4.55 Å². The molecule has 0 bridgehead atoms. The molecular formula is C4H10NaO2S. The Morgan fingerprint density at radius 3 is 2.25 bits per heavy atom. The van der Waals surface area contributed by atoms with E-state index in [1.165, 1.54) is 0 Å². The molecule has 0 aliphatic rings. The Bertz CT molecular complexity index is 67.1. The van der Waals surface area contributed by atoms with Gasteiger partial charge in [0.1, 0.15) is 0 Å². The van der Waals surface area contributed by atoms with Gasteiger partial charge in [0.15, 0.2) is 11.1 Å². The fraction of sp³-hybridized carbons (Fsp3) is 1.00. The minimum atomic E-state index is -1.57. The van der Waals surface area contributed by atoms with Crippen LogP contribution in [0.25, 0.3) is 0 Å². The van der Waals surface area contributed by atoms with E-state index in [-0.39, 0.29) is 29.6 Å². The van der Waals surface area contributed by atoms with Crippen molar-refractivity contribution in [1.82, 2.24) is 0 Å². The molecule has 8 heavy (non-hydrogen) atoms. The molecule has 45 valence electrons. The maximum Gasteiger partial charge on any atom is 0.152 e. The van der Waals surface area contributed by atoms with Crippen molar-refractivity contribution in [1.29, 1.82) is 0 Å².